The van der Waals surface area contributed by atoms with Crippen LogP contribution in [0.4, 0.5) is 0 Å². The lowest BCUT2D eigenvalue weighted by atomic mass is 9.75. The first kappa shape index (κ1) is 13.9. The Labute approximate surface area is 99.7 Å². The summed E-state index contributed by atoms with van der Waals surface area (Å²) < 4.78 is 11.4. The van der Waals surface area contributed by atoms with Gasteiger partial charge >= 0.3 is 0 Å². The molecule has 0 radical (unpaired) electrons. The SMILES string of the molecule is COC1(C(N)COC(C)C)CCCC(C)C1. The van der Waals surface area contributed by atoms with Gasteiger partial charge in [0.1, 0.15) is 0 Å². The molecule has 0 bridgehead atoms. The van der Waals surface area contributed by atoms with E-state index in [9.17, 15) is 0 Å². The topological polar surface area (TPSA) is 44.5 Å². The second-order valence-electron chi connectivity index (χ2n) is 5.46. The van der Waals surface area contributed by atoms with Crippen LogP contribution < -0.4 is 5.73 Å². The van der Waals surface area contributed by atoms with Crippen LogP contribution in [0.1, 0.15) is 46.5 Å². The Morgan fingerprint density at radius 1 is 1.44 bits per heavy atom. The number of methoxy groups -OCH3 is 1. The summed E-state index contributed by atoms with van der Waals surface area (Å²) in [5, 5.41) is 0. The molecule has 2 N–H and O–H groups in total. The summed E-state index contributed by atoms with van der Waals surface area (Å²) in [5.74, 6) is 0.707. The fraction of sp³-hybridized carbons (Fsp3) is 1.00. The Morgan fingerprint density at radius 2 is 2.12 bits per heavy atom. The van der Waals surface area contributed by atoms with E-state index >= 15 is 0 Å². The molecule has 3 atom stereocenters. The number of hydrogen-bond acceptors (Lipinski definition) is 3. The maximum atomic E-state index is 6.25. The predicted octanol–water partition coefficient (Wildman–Crippen LogP) is 2.33. The molecule has 1 saturated carbocycles. The smallest absolute Gasteiger partial charge is 0.0853 e. The molecular formula is C13H27NO2. The van der Waals surface area contributed by atoms with E-state index in [-0.39, 0.29) is 17.7 Å². The lowest BCUT2D eigenvalue weighted by Gasteiger charge is -2.43. The molecule has 1 rings (SSSR count). The first-order valence-electron chi connectivity index (χ1n) is 6.42. The van der Waals surface area contributed by atoms with Crippen molar-refractivity contribution < 1.29 is 9.47 Å². The van der Waals surface area contributed by atoms with E-state index < -0.39 is 0 Å². The van der Waals surface area contributed by atoms with Crippen LogP contribution in [-0.2, 0) is 9.47 Å². The minimum Gasteiger partial charge on any atom is -0.377 e. The van der Waals surface area contributed by atoms with Crippen molar-refractivity contribution in [1.82, 2.24) is 0 Å². The summed E-state index contributed by atoms with van der Waals surface area (Å²) in [6.07, 6.45) is 4.87. The molecule has 0 aromatic heterocycles. The van der Waals surface area contributed by atoms with Gasteiger partial charge in [-0.15, -0.1) is 0 Å². The molecule has 3 nitrogen and oxygen atoms in total. The highest BCUT2D eigenvalue weighted by atomic mass is 16.5. The van der Waals surface area contributed by atoms with E-state index in [0.29, 0.717) is 12.5 Å². The van der Waals surface area contributed by atoms with Gasteiger partial charge in [0, 0.05) is 7.11 Å². The molecule has 0 aromatic carbocycles. The summed E-state index contributed by atoms with van der Waals surface area (Å²) in [7, 11) is 1.78. The maximum absolute atomic E-state index is 6.25. The van der Waals surface area contributed by atoms with Gasteiger partial charge in [-0.1, -0.05) is 19.8 Å². The monoisotopic (exact) mass is 229 g/mol. The molecule has 16 heavy (non-hydrogen) atoms. The van der Waals surface area contributed by atoms with Crippen LogP contribution in [0.25, 0.3) is 0 Å². The minimum atomic E-state index is -0.160. The Hall–Kier alpha value is -0.120. The molecule has 96 valence electrons. The lowest BCUT2D eigenvalue weighted by molar-refractivity contribution is -0.0916. The van der Waals surface area contributed by atoms with Crippen molar-refractivity contribution in [3.8, 4) is 0 Å². The van der Waals surface area contributed by atoms with Gasteiger partial charge in [0.15, 0.2) is 0 Å². The van der Waals surface area contributed by atoms with Crippen molar-refractivity contribution in [2.24, 2.45) is 11.7 Å². The Kier molecular flexibility index (Phi) is 5.22. The first-order chi connectivity index (χ1) is 7.50. The highest BCUT2D eigenvalue weighted by Gasteiger charge is 2.40. The summed E-state index contributed by atoms with van der Waals surface area (Å²) in [6, 6.07) is -0.0114. The largest absolute Gasteiger partial charge is 0.377 e. The molecule has 0 aromatic rings. The highest BCUT2D eigenvalue weighted by molar-refractivity contribution is 4.95. The third-order valence-corrected chi connectivity index (χ3v) is 3.68. The van der Waals surface area contributed by atoms with E-state index in [2.05, 4.69) is 6.92 Å². The number of nitrogens with two attached hydrogens (primary N) is 1. The van der Waals surface area contributed by atoms with Crippen LogP contribution in [0.5, 0.6) is 0 Å². The molecule has 0 heterocycles. The Balaban J connectivity index is 2.56. The van der Waals surface area contributed by atoms with Crippen LogP contribution in [0, 0.1) is 5.92 Å². The van der Waals surface area contributed by atoms with E-state index in [1.807, 2.05) is 13.8 Å². The lowest BCUT2D eigenvalue weighted by Crippen LogP contribution is -2.54. The van der Waals surface area contributed by atoms with E-state index in [0.717, 1.165) is 12.8 Å². The quantitative estimate of drug-likeness (QED) is 0.787. The third-order valence-electron chi connectivity index (χ3n) is 3.68. The summed E-state index contributed by atoms with van der Waals surface area (Å²) in [5.41, 5.74) is 6.09. The van der Waals surface area contributed by atoms with Gasteiger partial charge in [-0.2, -0.15) is 0 Å². The van der Waals surface area contributed by atoms with E-state index in [1.54, 1.807) is 7.11 Å². The highest BCUT2D eigenvalue weighted by Crippen LogP contribution is 2.36. The zero-order valence-electron chi connectivity index (χ0n) is 11.2. The second-order valence-corrected chi connectivity index (χ2v) is 5.46. The fourth-order valence-electron chi connectivity index (χ4n) is 2.67. The average molecular weight is 229 g/mol. The molecule has 1 aliphatic carbocycles. The summed E-state index contributed by atoms with van der Waals surface area (Å²) in [4.78, 5) is 0. The minimum absolute atomic E-state index is 0.0114. The third kappa shape index (κ3) is 3.44. The van der Waals surface area contributed by atoms with E-state index in [4.69, 9.17) is 15.2 Å². The van der Waals surface area contributed by atoms with E-state index in [1.165, 1.54) is 12.8 Å². The summed E-state index contributed by atoms with van der Waals surface area (Å²) >= 11 is 0. The molecule has 0 spiro atoms. The normalized spacial score (nSPS) is 33.0. The van der Waals surface area contributed by atoms with Crippen LogP contribution >= 0.6 is 0 Å². The Morgan fingerprint density at radius 3 is 2.62 bits per heavy atom. The predicted molar refractivity (Wildman–Crippen MR) is 66.4 cm³/mol. The molecule has 3 unspecified atom stereocenters. The number of ether oxygens (including phenoxy) is 2. The van der Waals surface area contributed by atoms with Crippen molar-refractivity contribution in [1.29, 1.82) is 0 Å². The molecule has 1 fully saturated rings. The van der Waals surface area contributed by atoms with Gasteiger partial charge in [-0.25, -0.2) is 0 Å². The number of rotatable bonds is 5. The molecule has 0 amide bonds. The van der Waals surface area contributed by atoms with Gasteiger partial charge < -0.3 is 15.2 Å². The van der Waals surface area contributed by atoms with Gasteiger partial charge in [0.2, 0.25) is 0 Å². The summed E-state index contributed by atoms with van der Waals surface area (Å²) in [6.45, 7) is 6.95. The van der Waals surface area contributed by atoms with Gasteiger partial charge in [-0.3, -0.25) is 0 Å². The van der Waals surface area contributed by atoms with Crippen molar-refractivity contribution in [3.63, 3.8) is 0 Å². The van der Waals surface area contributed by atoms with Gasteiger partial charge in [0.05, 0.1) is 24.4 Å². The van der Waals surface area contributed by atoms with Crippen molar-refractivity contribution in [3.05, 3.63) is 0 Å². The average Bonchev–Trinajstić information content (AvgIpc) is 2.25. The zero-order chi connectivity index (χ0) is 12.2. The molecular weight excluding hydrogens is 202 g/mol. The van der Waals surface area contributed by atoms with Gasteiger partial charge in [0.25, 0.3) is 0 Å². The van der Waals surface area contributed by atoms with Crippen molar-refractivity contribution >= 4 is 0 Å². The van der Waals surface area contributed by atoms with Gasteiger partial charge in [-0.05, 0) is 32.6 Å². The van der Waals surface area contributed by atoms with Crippen LogP contribution in [-0.4, -0.2) is 31.5 Å². The van der Waals surface area contributed by atoms with Crippen molar-refractivity contribution in [2.45, 2.75) is 64.2 Å². The zero-order valence-corrected chi connectivity index (χ0v) is 11.2. The second kappa shape index (κ2) is 5.99. The van der Waals surface area contributed by atoms with Crippen LogP contribution in [0.15, 0.2) is 0 Å². The molecule has 3 heteroatoms. The standard InChI is InChI=1S/C13H27NO2/c1-10(2)16-9-12(14)13(15-4)7-5-6-11(3)8-13/h10-12H,5-9,14H2,1-4H3. The fourth-order valence-corrected chi connectivity index (χ4v) is 2.67. The Bertz CT molecular complexity index is 208. The molecule has 0 aliphatic heterocycles. The number of hydrogen-bond donors (Lipinski definition) is 1. The van der Waals surface area contributed by atoms with Crippen LogP contribution in [0.2, 0.25) is 0 Å². The van der Waals surface area contributed by atoms with Crippen molar-refractivity contribution in [2.75, 3.05) is 13.7 Å². The maximum Gasteiger partial charge on any atom is 0.0853 e. The van der Waals surface area contributed by atoms with Crippen LogP contribution in [0.3, 0.4) is 0 Å². The molecule has 1 aliphatic rings. The first-order valence-corrected chi connectivity index (χ1v) is 6.42. The molecule has 0 saturated heterocycles.